The summed E-state index contributed by atoms with van der Waals surface area (Å²) >= 11 is 7.32. The van der Waals surface area contributed by atoms with E-state index in [4.69, 9.17) is 11.6 Å². The molecule has 2 aromatic heterocycles. The van der Waals surface area contributed by atoms with E-state index in [1.54, 1.807) is 18.2 Å². The van der Waals surface area contributed by atoms with Crippen molar-refractivity contribution in [2.45, 2.75) is 17.3 Å². The van der Waals surface area contributed by atoms with Crippen molar-refractivity contribution in [1.82, 2.24) is 19.2 Å². The number of para-hydroxylation sites is 1. The molecule has 10 heteroatoms. The topological polar surface area (TPSA) is 81.3 Å². The van der Waals surface area contributed by atoms with Crippen molar-refractivity contribution in [3.8, 4) is 0 Å². The Kier molecular flexibility index (Phi) is 5.82. The van der Waals surface area contributed by atoms with Gasteiger partial charge in [0.05, 0.1) is 5.69 Å². The van der Waals surface area contributed by atoms with Crippen LogP contribution in [0.5, 0.6) is 0 Å². The molecule has 0 fully saturated rings. The Morgan fingerprint density at radius 1 is 1.17 bits per heavy atom. The molecule has 0 saturated heterocycles. The molecule has 0 saturated carbocycles. The summed E-state index contributed by atoms with van der Waals surface area (Å²) in [6.45, 7) is -0.351. The minimum absolute atomic E-state index is 0.0418. The van der Waals surface area contributed by atoms with Crippen LogP contribution in [0.25, 0.3) is 5.65 Å². The maximum atomic E-state index is 13.7. The van der Waals surface area contributed by atoms with Gasteiger partial charge in [0.2, 0.25) is 5.91 Å². The number of carbonyl (C=O) groups is 1. The average molecular weight is 444 g/mol. The minimum Gasteiger partial charge on any atom is -0.322 e. The summed E-state index contributed by atoms with van der Waals surface area (Å²) in [6, 6.07) is 13.2. The number of amides is 1. The quantitative estimate of drug-likeness (QED) is 0.460. The maximum absolute atomic E-state index is 13.7. The first-order valence-corrected chi connectivity index (χ1v) is 10.2. The Bertz CT molecular complexity index is 1270. The van der Waals surface area contributed by atoms with Gasteiger partial charge in [0.25, 0.3) is 0 Å². The van der Waals surface area contributed by atoms with E-state index in [0.29, 0.717) is 21.4 Å². The van der Waals surface area contributed by atoms with Crippen LogP contribution >= 0.6 is 23.4 Å². The molecule has 4 aromatic rings. The molecule has 0 aliphatic heterocycles. The van der Waals surface area contributed by atoms with Crippen LogP contribution in [-0.2, 0) is 17.1 Å². The normalized spacial score (nSPS) is 11.0. The van der Waals surface area contributed by atoms with Crippen LogP contribution in [-0.4, -0.2) is 25.1 Å². The number of hydrogen-bond donors (Lipinski definition) is 1. The Morgan fingerprint density at radius 3 is 2.70 bits per heavy atom. The van der Waals surface area contributed by atoms with E-state index in [1.165, 1.54) is 46.8 Å². The standard InChI is InChI=1S/C20H15ClFN5O2S/c21-14-7-5-13(6-8-14)12-30-19-18-25-27(20(29)26(18)10-9-23-19)11-17(28)24-16-4-2-1-3-15(16)22/h1-10H,11-12H2,(H,24,28). The first-order chi connectivity index (χ1) is 14.5. The van der Waals surface area contributed by atoms with Gasteiger partial charge in [-0.2, -0.15) is 0 Å². The molecule has 1 N–H and O–H groups in total. The van der Waals surface area contributed by atoms with Gasteiger partial charge in [-0.1, -0.05) is 47.6 Å². The van der Waals surface area contributed by atoms with E-state index >= 15 is 0 Å². The van der Waals surface area contributed by atoms with Crippen LogP contribution in [0, 0.1) is 5.82 Å². The Balaban J connectivity index is 1.53. The zero-order valence-electron chi connectivity index (χ0n) is 15.5. The number of nitrogens with one attached hydrogen (secondary N) is 1. The fourth-order valence-electron chi connectivity index (χ4n) is 2.75. The number of anilines is 1. The molecule has 2 heterocycles. The molecule has 0 unspecified atom stereocenters. The van der Waals surface area contributed by atoms with Gasteiger partial charge in [-0.15, -0.1) is 5.10 Å². The zero-order valence-corrected chi connectivity index (χ0v) is 17.0. The highest BCUT2D eigenvalue weighted by Crippen LogP contribution is 2.24. The number of carbonyl (C=O) groups excluding carboxylic acids is 1. The van der Waals surface area contributed by atoms with Gasteiger partial charge in [-0.25, -0.2) is 23.3 Å². The highest BCUT2D eigenvalue weighted by atomic mass is 35.5. The molecule has 30 heavy (non-hydrogen) atoms. The lowest BCUT2D eigenvalue weighted by Crippen LogP contribution is -2.28. The highest BCUT2D eigenvalue weighted by Gasteiger charge is 2.15. The van der Waals surface area contributed by atoms with Gasteiger partial charge in [0.1, 0.15) is 17.4 Å². The second-order valence-electron chi connectivity index (χ2n) is 6.31. The lowest BCUT2D eigenvalue weighted by molar-refractivity contribution is -0.117. The number of thioether (sulfide) groups is 1. The van der Waals surface area contributed by atoms with Crippen molar-refractivity contribution >= 4 is 40.6 Å². The fraction of sp³-hybridized carbons (Fsp3) is 0.100. The number of halogens is 2. The third kappa shape index (κ3) is 4.37. The summed E-state index contributed by atoms with van der Waals surface area (Å²) in [5, 5.41) is 7.90. The monoisotopic (exact) mass is 443 g/mol. The number of hydrogen-bond acceptors (Lipinski definition) is 5. The van der Waals surface area contributed by atoms with Crippen molar-refractivity contribution in [2.24, 2.45) is 0 Å². The third-order valence-corrected chi connectivity index (χ3v) is 5.49. The molecule has 2 aromatic carbocycles. The predicted octanol–water partition coefficient (Wildman–Crippen LogP) is 3.61. The first kappa shape index (κ1) is 20.1. The summed E-state index contributed by atoms with van der Waals surface area (Å²) < 4.78 is 16.1. The van der Waals surface area contributed by atoms with E-state index in [-0.39, 0.29) is 12.2 Å². The van der Waals surface area contributed by atoms with E-state index in [9.17, 15) is 14.0 Å². The van der Waals surface area contributed by atoms with E-state index < -0.39 is 17.4 Å². The van der Waals surface area contributed by atoms with E-state index in [2.05, 4.69) is 15.4 Å². The molecular formula is C20H15ClFN5O2S. The Morgan fingerprint density at radius 2 is 1.93 bits per heavy atom. The summed E-state index contributed by atoms with van der Waals surface area (Å²) in [5.41, 5.74) is 0.948. The largest absolute Gasteiger partial charge is 0.350 e. The van der Waals surface area contributed by atoms with Gasteiger partial charge in [0.15, 0.2) is 5.65 Å². The molecule has 0 aliphatic rings. The van der Waals surface area contributed by atoms with Gasteiger partial charge in [-0.05, 0) is 29.8 Å². The van der Waals surface area contributed by atoms with Gasteiger partial charge in [-0.3, -0.25) is 4.79 Å². The maximum Gasteiger partial charge on any atom is 0.350 e. The Labute approximate surface area is 179 Å². The molecule has 1 amide bonds. The lowest BCUT2D eigenvalue weighted by Gasteiger charge is -2.05. The predicted molar refractivity (Wildman–Crippen MR) is 113 cm³/mol. The molecule has 7 nitrogen and oxygen atoms in total. The fourth-order valence-corrected chi connectivity index (χ4v) is 3.78. The highest BCUT2D eigenvalue weighted by molar-refractivity contribution is 7.98. The summed E-state index contributed by atoms with van der Waals surface area (Å²) in [4.78, 5) is 29.2. The number of fused-ring (bicyclic) bond motifs is 1. The van der Waals surface area contributed by atoms with Crippen molar-refractivity contribution in [2.75, 3.05) is 5.32 Å². The van der Waals surface area contributed by atoms with Crippen LogP contribution in [0.1, 0.15) is 5.56 Å². The number of aromatic nitrogens is 4. The summed E-state index contributed by atoms with van der Waals surface area (Å²) in [7, 11) is 0. The van der Waals surface area contributed by atoms with Crippen LogP contribution in [0.2, 0.25) is 5.02 Å². The van der Waals surface area contributed by atoms with Gasteiger partial charge >= 0.3 is 5.69 Å². The van der Waals surface area contributed by atoms with Crippen molar-refractivity contribution in [3.63, 3.8) is 0 Å². The zero-order chi connectivity index (χ0) is 21.1. The van der Waals surface area contributed by atoms with Gasteiger partial charge < -0.3 is 5.32 Å². The molecular weight excluding hydrogens is 429 g/mol. The summed E-state index contributed by atoms with van der Waals surface area (Å²) in [5.74, 6) is -0.509. The first-order valence-electron chi connectivity index (χ1n) is 8.87. The molecule has 0 bridgehead atoms. The second-order valence-corrected chi connectivity index (χ2v) is 7.71. The molecule has 0 spiro atoms. The lowest BCUT2D eigenvalue weighted by atomic mass is 10.2. The summed E-state index contributed by atoms with van der Waals surface area (Å²) in [6.07, 6.45) is 2.99. The minimum atomic E-state index is -0.561. The number of rotatable bonds is 6. The van der Waals surface area contributed by atoms with Crippen molar-refractivity contribution in [3.05, 3.63) is 87.8 Å². The van der Waals surface area contributed by atoms with Crippen molar-refractivity contribution < 1.29 is 9.18 Å². The Hall–Kier alpha value is -3.17. The van der Waals surface area contributed by atoms with E-state index in [1.807, 2.05) is 12.1 Å². The molecule has 0 aliphatic carbocycles. The van der Waals surface area contributed by atoms with Crippen LogP contribution in [0.4, 0.5) is 10.1 Å². The van der Waals surface area contributed by atoms with Crippen LogP contribution in [0.15, 0.2) is 70.7 Å². The van der Waals surface area contributed by atoms with Crippen LogP contribution < -0.4 is 11.0 Å². The number of nitrogens with zero attached hydrogens (tertiary/aromatic N) is 4. The van der Waals surface area contributed by atoms with E-state index in [0.717, 1.165) is 10.2 Å². The molecule has 0 atom stereocenters. The third-order valence-electron chi connectivity index (χ3n) is 4.20. The second kappa shape index (κ2) is 8.68. The van der Waals surface area contributed by atoms with Crippen LogP contribution in [0.3, 0.4) is 0 Å². The SMILES string of the molecule is O=C(Cn1nc2c(SCc3ccc(Cl)cc3)nccn2c1=O)Nc1ccccc1F. The smallest absolute Gasteiger partial charge is 0.322 e. The molecule has 4 rings (SSSR count). The molecule has 152 valence electrons. The average Bonchev–Trinajstić information content (AvgIpc) is 3.05. The van der Waals surface area contributed by atoms with Crippen molar-refractivity contribution in [1.29, 1.82) is 0 Å². The van der Waals surface area contributed by atoms with Gasteiger partial charge in [0, 0.05) is 23.2 Å². The number of benzene rings is 2. The molecule has 0 radical (unpaired) electrons.